The Balaban J connectivity index is 1.68. The molecule has 0 atom stereocenters. The fourth-order valence-electron chi connectivity index (χ4n) is 2.27. The van der Waals surface area contributed by atoms with Crippen molar-refractivity contribution in [1.82, 2.24) is 0 Å². The Morgan fingerprint density at radius 2 is 1.61 bits per heavy atom. The number of hydrogen-bond donors (Lipinski definition) is 0. The molecule has 4 heteroatoms. The van der Waals surface area contributed by atoms with Gasteiger partial charge < -0.3 is 9.47 Å². The highest BCUT2D eigenvalue weighted by Gasteiger charge is 2.24. The fraction of sp³-hybridized carbons (Fsp3) is 0.571. The Labute approximate surface area is 106 Å². The minimum Gasteiger partial charge on any atom is -0.374 e. The summed E-state index contributed by atoms with van der Waals surface area (Å²) in [6.45, 7) is -2.07. The molecule has 1 aromatic rings. The summed E-state index contributed by atoms with van der Waals surface area (Å²) in [5.74, 6) is 0. The van der Waals surface area contributed by atoms with Gasteiger partial charge in [-0.25, -0.2) is 0 Å². The maximum atomic E-state index is 12.0. The lowest BCUT2D eigenvalue weighted by atomic mass is 9.95. The zero-order chi connectivity index (χ0) is 12.8. The molecule has 1 fully saturated rings. The highest BCUT2D eigenvalue weighted by atomic mass is 19.3. The van der Waals surface area contributed by atoms with Crippen LogP contribution in [0.15, 0.2) is 30.3 Å². The van der Waals surface area contributed by atoms with Crippen molar-refractivity contribution in [3.05, 3.63) is 35.9 Å². The van der Waals surface area contributed by atoms with Gasteiger partial charge in [0, 0.05) is 0 Å². The SMILES string of the molecule is FC(F)OC1CCC(OCc2ccccc2)CC1. The molecule has 1 aliphatic rings. The first kappa shape index (κ1) is 13.4. The second kappa shape index (κ2) is 6.81. The molecule has 1 saturated carbocycles. The van der Waals surface area contributed by atoms with Crippen LogP contribution < -0.4 is 0 Å². The average Bonchev–Trinajstić information content (AvgIpc) is 2.38. The van der Waals surface area contributed by atoms with Gasteiger partial charge in [-0.2, -0.15) is 8.78 Å². The van der Waals surface area contributed by atoms with Gasteiger partial charge in [0.25, 0.3) is 0 Å². The van der Waals surface area contributed by atoms with Crippen molar-refractivity contribution in [1.29, 1.82) is 0 Å². The minimum absolute atomic E-state index is 0.169. The van der Waals surface area contributed by atoms with E-state index in [1.165, 1.54) is 0 Å². The molecule has 100 valence electrons. The predicted octanol–water partition coefficient (Wildman–Crippen LogP) is 3.75. The summed E-state index contributed by atoms with van der Waals surface area (Å²) < 4.78 is 34.4. The molecule has 18 heavy (non-hydrogen) atoms. The average molecular weight is 256 g/mol. The second-order valence-electron chi connectivity index (χ2n) is 4.59. The molecular formula is C14H18F2O2. The number of benzene rings is 1. The van der Waals surface area contributed by atoms with Gasteiger partial charge in [-0.3, -0.25) is 0 Å². The molecule has 0 heterocycles. The van der Waals surface area contributed by atoms with Crippen molar-refractivity contribution in [2.75, 3.05) is 0 Å². The highest BCUT2D eigenvalue weighted by molar-refractivity contribution is 5.13. The predicted molar refractivity (Wildman–Crippen MR) is 64.4 cm³/mol. The minimum atomic E-state index is -2.66. The van der Waals surface area contributed by atoms with Gasteiger partial charge in [-0.15, -0.1) is 0 Å². The summed E-state index contributed by atoms with van der Waals surface area (Å²) >= 11 is 0. The van der Waals surface area contributed by atoms with Crippen molar-refractivity contribution in [3.63, 3.8) is 0 Å². The monoisotopic (exact) mass is 256 g/mol. The van der Waals surface area contributed by atoms with Crippen LogP contribution in [0.2, 0.25) is 0 Å². The number of alkyl halides is 2. The second-order valence-corrected chi connectivity index (χ2v) is 4.59. The molecule has 0 aromatic heterocycles. The molecule has 0 saturated heterocycles. The molecule has 0 N–H and O–H groups in total. The zero-order valence-corrected chi connectivity index (χ0v) is 10.2. The van der Waals surface area contributed by atoms with Crippen LogP contribution in [-0.2, 0) is 16.1 Å². The quantitative estimate of drug-likeness (QED) is 0.798. The van der Waals surface area contributed by atoms with Crippen molar-refractivity contribution in [3.8, 4) is 0 Å². The Bertz CT molecular complexity index is 335. The van der Waals surface area contributed by atoms with E-state index in [9.17, 15) is 8.78 Å². The molecular weight excluding hydrogens is 238 g/mol. The molecule has 0 bridgehead atoms. The van der Waals surface area contributed by atoms with E-state index in [1.54, 1.807) is 0 Å². The first-order valence-corrected chi connectivity index (χ1v) is 6.33. The van der Waals surface area contributed by atoms with E-state index in [4.69, 9.17) is 4.74 Å². The normalized spacial score (nSPS) is 24.4. The molecule has 0 unspecified atom stereocenters. The first-order chi connectivity index (χ1) is 8.74. The Morgan fingerprint density at radius 3 is 2.22 bits per heavy atom. The summed E-state index contributed by atoms with van der Waals surface area (Å²) in [5.41, 5.74) is 1.14. The van der Waals surface area contributed by atoms with E-state index in [0.717, 1.165) is 18.4 Å². The molecule has 0 radical (unpaired) electrons. The lowest BCUT2D eigenvalue weighted by molar-refractivity contribution is -0.175. The Hall–Kier alpha value is -1.00. The number of ether oxygens (including phenoxy) is 2. The summed E-state index contributed by atoms with van der Waals surface area (Å²) in [6.07, 6.45) is 2.77. The molecule has 2 rings (SSSR count). The topological polar surface area (TPSA) is 18.5 Å². The van der Waals surface area contributed by atoms with Crippen molar-refractivity contribution in [2.24, 2.45) is 0 Å². The zero-order valence-electron chi connectivity index (χ0n) is 10.2. The van der Waals surface area contributed by atoms with Crippen LogP contribution in [0.4, 0.5) is 8.78 Å². The van der Waals surface area contributed by atoms with E-state index in [2.05, 4.69) is 4.74 Å². The Kier molecular flexibility index (Phi) is 5.08. The van der Waals surface area contributed by atoms with Crippen LogP contribution in [0.1, 0.15) is 31.2 Å². The number of halogens is 2. The van der Waals surface area contributed by atoms with Crippen LogP contribution in [0, 0.1) is 0 Å². The number of rotatable bonds is 5. The van der Waals surface area contributed by atoms with Gasteiger partial charge in [-0.05, 0) is 31.2 Å². The van der Waals surface area contributed by atoms with Crippen molar-refractivity contribution < 1.29 is 18.3 Å². The highest BCUT2D eigenvalue weighted by Crippen LogP contribution is 2.25. The van der Waals surface area contributed by atoms with Crippen LogP contribution in [0.3, 0.4) is 0 Å². The number of hydrogen-bond acceptors (Lipinski definition) is 2. The lowest BCUT2D eigenvalue weighted by Gasteiger charge is -2.28. The van der Waals surface area contributed by atoms with Gasteiger partial charge in [-0.1, -0.05) is 30.3 Å². The maximum absolute atomic E-state index is 12.0. The third kappa shape index (κ3) is 4.35. The van der Waals surface area contributed by atoms with E-state index in [0.29, 0.717) is 19.4 Å². The molecule has 0 amide bonds. The van der Waals surface area contributed by atoms with Gasteiger partial charge in [0.2, 0.25) is 0 Å². The van der Waals surface area contributed by atoms with Crippen molar-refractivity contribution in [2.45, 2.75) is 51.1 Å². The third-order valence-corrected chi connectivity index (χ3v) is 3.25. The van der Waals surface area contributed by atoms with Crippen LogP contribution in [0.25, 0.3) is 0 Å². The Morgan fingerprint density at radius 1 is 1.00 bits per heavy atom. The van der Waals surface area contributed by atoms with Gasteiger partial charge in [0.05, 0.1) is 18.8 Å². The molecule has 0 aliphatic heterocycles. The molecule has 0 spiro atoms. The molecule has 2 nitrogen and oxygen atoms in total. The summed E-state index contributed by atoms with van der Waals surface area (Å²) in [5, 5.41) is 0. The molecule has 1 aromatic carbocycles. The van der Waals surface area contributed by atoms with Gasteiger partial charge in [0.15, 0.2) is 0 Å². The summed E-state index contributed by atoms with van der Waals surface area (Å²) in [6, 6.07) is 9.96. The van der Waals surface area contributed by atoms with Gasteiger partial charge in [0.1, 0.15) is 0 Å². The third-order valence-electron chi connectivity index (χ3n) is 3.25. The largest absolute Gasteiger partial charge is 0.374 e. The van der Waals surface area contributed by atoms with Gasteiger partial charge >= 0.3 is 6.61 Å². The standard InChI is InChI=1S/C14H18F2O2/c15-14(16)18-13-8-6-12(7-9-13)17-10-11-4-2-1-3-5-11/h1-5,12-14H,6-10H2. The van der Waals surface area contributed by atoms with Crippen molar-refractivity contribution >= 4 is 0 Å². The maximum Gasteiger partial charge on any atom is 0.345 e. The smallest absolute Gasteiger partial charge is 0.345 e. The first-order valence-electron chi connectivity index (χ1n) is 6.33. The van der Waals surface area contributed by atoms with Crippen LogP contribution >= 0.6 is 0 Å². The molecule has 1 aliphatic carbocycles. The van der Waals surface area contributed by atoms with E-state index < -0.39 is 6.61 Å². The van der Waals surface area contributed by atoms with E-state index >= 15 is 0 Å². The van der Waals surface area contributed by atoms with E-state index in [-0.39, 0.29) is 12.2 Å². The fourth-order valence-corrected chi connectivity index (χ4v) is 2.27. The van der Waals surface area contributed by atoms with E-state index in [1.807, 2.05) is 30.3 Å². The summed E-state index contributed by atoms with van der Waals surface area (Å²) in [4.78, 5) is 0. The summed E-state index contributed by atoms with van der Waals surface area (Å²) in [7, 11) is 0. The lowest BCUT2D eigenvalue weighted by Crippen LogP contribution is -2.27. The van der Waals surface area contributed by atoms with Crippen LogP contribution in [0.5, 0.6) is 0 Å². The van der Waals surface area contributed by atoms with Crippen LogP contribution in [-0.4, -0.2) is 18.8 Å².